The number of carboxylic acids is 1. The van der Waals surface area contributed by atoms with Gasteiger partial charge in [0, 0.05) is 13.1 Å². The van der Waals surface area contributed by atoms with Crippen molar-refractivity contribution in [2.24, 2.45) is 33.8 Å². The standard InChI is InChI=1S/C23H44N8O5/c1-14(2)13-17(21(34)31-12-6-9-18(31)22(35)36)30-20(33)16(8-3-4-10-24)29-19(32)15(25)7-5-11-28-23(26)27/h14-18H,3-13,24-25H2,1-2H3,(H,29,32)(H,30,33)(H,35,36)(H4,26,27,28). The molecule has 0 aromatic rings. The molecule has 1 rings (SSSR count). The van der Waals surface area contributed by atoms with Crippen LogP contribution in [0.2, 0.25) is 0 Å². The lowest BCUT2D eigenvalue weighted by Gasteiger charge is -2.29. The Morgan fingerprint density at radius 3 is 2.28 bits per heavy atom. The molecule has 13 nitrogen and oxygen atoms in total. The van der Waals surface area contributed by atoms with Gasteiger partial charge in [-0.15, -0.1) is 0 Å². The van der Waals surface area contributed by atoms with Crippen LogP contribution in [0.4, 0.5) is 0 Å². The number of nitrogens with two attached hydrogens (primary N) is 4. The van der Waals surface area contributed by atoms with Crippen LogP contribution in [0.1, 0.15) is 65.2 Å². The summed E-state index contributed by atoms with van der Waals surface area (Å²) in [5, 5.41) is 14.9. The van der Waals surface area contributed by atoms with Gasteiger partial charge < -0.3 is 43.6 Å². The Balaban J connectivity index is 2.91. The number of amides is 3. The van der Waals surface area contributed by atoms with Crippen LogP contribution in [0.5, 0.6) is 0 Å². The van der Waals surface area contributed by atoms with E-state index >= 15 is 0 Å². The van der Waals surface area contributed by atoms with Crippen LogP contribution in [0, 0.1) is 5.92 Å². The second-order valence-electron chi connectivity index (χ2n) is 9.62. The van der Waals surface area contributed by atoms with Gasteiger partial charge in [0.1, 0.15) is 18.1 Å². The molecule has 0 radical (unpaired) electrons. The summed E-state index contributed by atoms with van der Waals surface area (Å²) >= 11 is 0. The monoisotopic (exact) mass is 512 g/mol. The highest BCUT2D eigenvalue weighted by Gasteiger charge is 2.38. The Labute approximate surface area is 212 Å². The van der Waals surface area contributed by atoms with Gasteiger partial charge in [0.2, 0.25) is 17.7 Å². The maximum Gasteiger partial charge on any atom is 0.326 e. The third-order valence-electron chi connectivity index (χ3n) is 6.03. The van der Waals surface area contributed by atoms with Gasteiger partial charge in [-0.25, -0.2) is 4.79 Å². The van der Waals surface area contributed by atoms with E-state index in [0.29, 0.717) is 71.0 Å². The number of hydrogen-bond donors (Lipinski definition) is 7. The molecule has 1 aliphatic heterocycles. The number of aliphatic carboxylic acids is 1. The summed E-state index contributed by atoms with van der Waals surface area (Å²) in [5.74, 6) is -2.47. The Morgan fingerprint density at radius 2 is 1.69 bits per heavy atom. The maximum atomic E-state index is 13.2. The molecular formula is C23H44N8O5. The van der Waals surface area contributed by atoms with E-state index in [1.54, 1.807) is 0 Å². The number of carbonyl (C=O) groups excluding carboxylic acids is 3. The molecule has 0 saturated carbocycles. The Hall–Kier alpha value is -2.93. The molecule has 4 unspecified atom stereocenters. The Bertz CT molecular complexity index is 772. The molecule has 0 bridgehead atoms. The van der Waals surface area contributed by atoms with E-state index in [-0.39, 0.29) is 11.9 Å². The fraction of sp³-hybridized carbons (Fsp3) is 0.783. The van der Waals surface area contributed by atoms with E-state index in [2.05, 4.69) is 15.6 Å². The zero-order chi connectivity index (χ0) is 27.3. The first-order valence-electron chi connectivity index (χ1n) is 12.6. The SMILES string of the molecule is CC(C)CC(NC(=O)C(CCCCN)NC(=O)C(N)CCCN=C(N)N)C(=O)N1CCCC1C(=O)O. The fourth-order valence-electron chi connectivity index (χ4n) is 4.14. The molecule has 1 fully saturated rings. The Kier molecular flexibility index (Phi) is 13.8. The van der Waals surface area contributed by atoms with Gasteiger partial charge >= 0.3 is 5.97 Å². The van der Waals surface area contributed by atoms with Crippen molar-refractivity contribution in [3.8, 4) is 0 Å². The minimum absolute atomic E-state index is 0.0428. The number of nitrogens with one attached hydrogen (secondary N) is 2. The molecule has 1 aliphatic rings. The van der Waals surface area contributed by atoms with Crippen molar-refractivity contribution in [1.29, 1.82) is 0 Å². The third kappa shape index (κ3) is 10.8. The van der Waals surface area contributed by atoms with Crippen molar-refractivity contribution in [3.05, 3.63) is 0 Å². The third-order valence-corrected chi connectivity index (χ3v) is 6.03. The summed E-state index contributed by atoms with van der Waals surface area (Å²) in [6.07, 6.45) is 3.67. The van der Waals surface area contributed by atoms with Crippen molar-refractivity contribution in [3.63, 3.8) is 0 Å². The van der Waals surface area contributed by atoms with Gasteiger partial charge in [0.25, 0.3) is 0 Å². The van der Waals surface area contributed by atoms with Crippen LogP contribution in [0.3, 0.4) is 0 Å². The number of hydrogen-bond acceptors (Lipinski definition) is 7. The fourth-order valence-corrected chi connectivity index (χ4v) is 4.14. The van der Waals surface area contributed by atoms with E-state index in [0.717, 1.165) is 0 Å². The number of aliphatic imine (C=N–C) groups is 1. The van der Waals surface area contributed by atoms with Crippen molar-refractivity contribution in [2.45, 2.75) is 89.4 Å². The van der Waals surface area contributed by atoms with Crippen LogP contribution >= 0.6 is 0 Å². The van der Waals surface area contributed by atoms with E-state index < -0.39 is 47.9 Å². The van der Waals surface area contributed by atoms with Crippen LogP contribution < -0.4 is 33.6 Å². The molecule has 206 valence electrons. The molecule has 0 spiro atoms. The number of rotatable bonds is 16. The molecule has 1 saturated heterocycles. The average molecular weight is 513 g/mol. The number of carboxylic acid groups (broad SMARTS) is 1. The maximum absolute atomic E-state index is 13.2. The van der Waals surface area contributed by atoms with Crippen molar-refractivity contribution >= 4 is 29.7 Å². The first-order chi connectivity index (χ1) is 17.0. The summed E-state index contributed by atoms with van der Waals surface area (Å²) in [6, 6.07) is -3.58. The highest BCUT2D eigenvalue weighted by molar-refractivity contribution is 5.94. The summed E-state index contributed by atoms with van der Waals surface area (Å²) in [4.78, 5) is 55.9. The molecule has 36 heavy (non-hydrogen) atoms. The van der Waals surface area contributed by atoms with Gasteiger partial charge in [0.15, 0.2) is 5.96 Å². The lowest BCUT2D eigenvalue weighted by atomic mass is 10.0. The van der Waals surface area contributed by atoms with Crippen LogP contribution in [-0.2, 0) is 19.2 Å². The summed E-state index contributed by atoms with van der Waals surface area (Å²) in [5.41, 5.74) is 22.1. The molecule has 1 heterocycles. The van der Waals surface area contributed by atoms with Crippen LogP contribution in [-0.4, -0.2) is 83.5 Å². The van der Waals surface area contributed by atoms with Crippen LogP contribution in [0.15, 0.2) is 4.99 Å². The molecule has 13 heteroatoms. The second kappa shape index (κ2) is 15.9. The van der Waals surface area contributed by atoms with Crippen LogP contribution in [0.25, 0.3) is 0 Å². The summed E-state index contributed by atoms with van der Waals surface area (Å²) < 4.78 is 0. The van der Waals surface area contributed by atoms with E-state index in [1.165, 1.54) is 4.90 Å². The number of nitrogens with zero attached hydrogens (tertiary/aromatic N) is 2. The second-order valence-corrected chi connectivity index (χ2v) is 9.62. The number of guanidine groups is 1. The van der Waals surface area contributed by atoms with Crippen molar-refractivity contribution in [2.75, 3.05) is 19.6 Å². The van der Waals surface area contributed by atoms with Crippen molar-refractivity contribution in [1.82, 2.24) is 15.5 Å². The molecule has 0 aromatic heterocycles. The predicted molar refractivity (Wildman–Crippen MR) is 136 cm³/mol. The largest absolute Gasteiger partial charge is 0.480 e. The highest BCUT2D eigenvalue weighted by atomic mass is 16.4. The lowest BCUT2D eigenvalue weighted by Crippen LogP contribution is -2.57. The number of unbranched alkanes of at least 4 members (excludes halogenated alkanes) is 1. The van der Waals surface area contributed by atoms with Gasteiger partial charge in [-0.3, -0.25) is 19.4 Å². The average Bonchev–Trinajstić information content (AvgIpc) is 3.30. The Morgan fingerprint density at radius 1 is 1.03 bits per heavy atom. The molecule has 11 N–H and O–H groups in total. The molecule has 0 aromatic carbocycles. The molecule has 4 atom stereocenters. The summed E-state index contributed by atoms with van der Waals surface area (Å²) in [6.45, 7) is 4.91. The lowest BCUT2D eigenvalue weighted by molar-refractivity contribution is -0.149. The van der Waals surface area contributed by atoms with Gasteiger partial charge in [-0.1, -0.05) is 13.8 Å². The smallest absolute Gasteiger partial charge is 0.326 e. The summed E-state index contributed by atoms with van der Waals surface area (Å²) in [7, 11) is 0. The number of carbonyl (C=O) groups is 4. The molecular weight excluding hydrogens is 468 g/mol. The van der Waals surface area contributed by atoms with Gasteiger partial charge in [0.05, 0.1) is 6.04 Å². The topological polar surface area (TPSA) is 232 Å². The number of likely N-dealkylation sites (tertiary alicyclic amines) is 1. The predicted octanol–water partition coefficient (Wildman–Crippen LogP) is -1.41. The quantitative estimate of drug-likeness (QED) is 0.0729. The molecule has 3 amide bonds. The first-order valence-corrected chi connectivity index (χ1v) is 12.6. The van der Waals surface area contributed by atoms with E-state index in [9.17, 15) is 24.3 Å². The van der Waals surface area contributed by atoms with E-state index in [4.69, 9.17) is 22.9 Å². The zero-order valence-corrected chi connectivity index (χ0v) is 21.4. The zero-order valence-electron chi connectivity index (χ0n) is 21.4. The normalized spacial score (nSPS) is 17.8. The molecule has 0 aliphatic carbocycles. The highest BCUT2D eigenvalue weighted by Crippen LogP contribution is 2.20. The minimum Gasteiger partial charge on any atom is -0.480 e. The van der Waals surface area contributed by atoms with E-state index in [1.807, 2.05) is 13.8 Å². The first kappa shape index (κ1) is 31.1. The van der Waals surface area contributed by atoms with Gasteiger partial charge in [-0.05, 0) is 63.8 Å². The van der Waals surface area contributed by atoms with Crippen molar-refractivity contribution < 1.29 is 24.3 Å². The minimum atomic E-state index is -1.06. The van der Waals surface area contributed by atoms with Gasteiger partial charge in [-0.2, -0.15) is 0 Å².